The quantitative estimate of drug-likeness (QED) is 0.816. The van der Waals surface area contributed by atoms with E-state index in [0.29, 0.717) is 23.2 Å². The Kier molecular flexibility index (Phi) is 4.88. The van der Waals surface area contributed by atoms with Crippen LogP contribution in [0.4, 0.5) is 10.1 Å². The molecular weight excluding hydrogens is 311 g/mol. The molecule has 4 heteroatoms. The van der Waals surface area contributed by atoms with Crippen LogP contribution >= 0.6 is 11.6 Å². The second kappa shape index (κ2) is 6.90. The minimum Gasteiger partial charge on any atom is -0.366 e. The summed E-state index contributed by atoms with van der Waals surface area (Å²) in [5.41, 5.74) is 3.13. The third-order valence-corrected chi connectivity index (χ3v) is 4.87. The van der Waals surface area contributed by atoms with E-state index in [2.05, 4.69) is 47.9 Å². The third-order valence-electron chi connectivity index (χ3n) is 4.52. The standard InChI is InChI=1S/C19H22ClFN2/c1-14-6-8-16(9-7-14)23-11-10-22(12-15(23)2)13-17-18(20)4-3-5-19(17)21/h3-9,15H,10-13H2,1-2H3. The smallest absolute Gasteiger partial charge is 0.129 e. The van der Waals surface area contributed by atoms with Gasteiger partial charge in [0.25, 0.3) is 0 Å². The van der Waals surface area contributed by atoms with Gasteiger partial charge in [-0.1, -0.05) is 35.4 Å². The zero-order chi connectivity index (χ0) is 16.4. The van der Waals surface area contributed by atoms with Crippen molar-refractivity contribution >= 4 is 17.3 Å². The summed E-state index contributed by atoms with van der Waals surface area (Å²) in [6.07, 6.45) is 0. The van der Waals surface area contributed by atoms with Crippen LogP contribution in [0, 0.1) is 12.7 Å². The van der Waals surface area contributed by atoms with Crippen molar-refractivity contribution in [1.82, 2.24) is 4.90 Å². The number of hydrogen-bond donors (Lipinski definition) is 0. The van der Waals surface area contributed by atoms with Crippen molar-refractivity contribution in [2.45, 2.75) is 26.4 Å². The highest BCUT2D eigenvalue weighted by atomic mass is 35.5. The monoisotopic (exact) mass is 332 g/mol. The number of nitrogens with zero attached hydrogens (tertiary/aromatic N) is 2. The molecule has 1 aliphatic heterocycles. The molecule has 0 aromatic heterocycles. The molecule has 1 saturated heterocycles. The molecule has 3 rings (SSSR count). The highest BCUT2D eigenvalue weighted by Gasteiger charge is 2.25. The zero-order valence-corrected chi connectivity index (χ0v) is 14.4. The second-order valence-corrected chi connectivity index (χ2v) is 6.72. The van der Waals surface area contributed by atoms with Gasteiger partial charge in [-0.05, 0) is 38.1 Å². The van der Waals surface area contributed by atoms with Crippen molar-refractivity contribution < 1.29 is 4.39 Å². The van der Waals surface area contributed by atoms with Crippen LogP contribution in [0.5, 0.6) is 0 Å². The fourth-order valence-corrected chi connectivity index (χ4v) is 3.43. The number of halogens is 2. The lowest BCUT2D eigenvalue weighted by Gasteiger charge is -2.41. The fourth-order valence-electron chi connectivity index (χ4n) is 3.20. The minimum absolute atomic E-state index is 0.217. The van der Waals surface area contributed by atoms with E-state index in [0.717, 1.165) is 19.6 Å². The van der Waals surface area contributed by atoms with Crippen LogP contribution < -0.4 is 4.90 Å². The van der Waals surface area contributed by atoms with E-state index in [4.69, 9.17) is 11.6 Å². The van der Waals surface area contributed by atoms with E-state index in [-0.39, 0.29) is 5.82 Å². The predicted molar refractivity (Wildman–Crippen MR) is 94.7 cm³/mol. The summed E-state index contributed by atoms with van der Waals surface area (Å²) >= 11 is 6.15. The Morgan fingerprint density at radius 3 is 2.52 bits per heavy atom. The lowest BCUT2D eigenvalue weighted by molar-refractivity contribution is 0.218. The molecule has 0 aliphatic carbocycles. The lowest BCUT2D eigenvalue weighted by Crippen LogP contribution is -2.51. The van der Waals surface area contributed by atoms with Gasteiger partial charge in [0.15, 0.2) is 0 Å². The number of aryl methyl sites for hydroxylation is 1. The molecule has 2 aromatic carbocycles. The Morgan fingerprint density at radius 2 is 1.87 bits per heavy atom. The maximum atomic E-state index is 14.0. The summed E-state index contributed by atoms with van der Waals surface area (Å²) in [6.45, 7) is 7.63. The summed E-state index contributed by atoms with van der Waals surface area (Å²) < 4.78 is 14.0. The molecule has 0 spiro atoms. The summed E-state index contributed by atoms with van der Waals surface area (Å²) in [7, 11) is 0. The highest BCUT2D eigenvalue weighted by molar-refractivity contribution is 6.31. The van der Waals surface area contributed by atoms with E-state index in [9.17, 15) is 4.39 Å². The first-order valence-electron chi connectivity index (χ1n) is 8.03. The number of benzene rings is 2. The Bertz CT molecular complexity index is 651. The van der Waals surface area contributed by atoms with Gasteiger partial charge in [0.2, 0.25) is 0 Å². The molecule has 122 valence electrons. The van der Waals surface area contributed by atoms with Gasteiger partial charge >= 0.3 is 0 Å². The molecule has 0 bridgehead atoms. The van der Waals surface area contributed by atoms with Crippen molar-refractivity contribution in [3.63, 3.8) is 0 Å². The molecule has 2 nitrogen and oxygen atoms in total. The van der Waals surface area contributed by atoms with Crippen LogP contribution in [-0.4, -0.2) is 30.6 Å². The third kappa shape index (κ3) is 3.67. The highest BCUT2D eigenvalue weighted by Crippen LogP contribution is 2.25. The van der Waals surface area contributed by atoms with Crippen LogP contribution in [0.25, 0.3) is 0 Å². The van der Waals surface area contributed by atoms with E-state index in [1.807, 2.05) is 0 Å². The molecule has 2 aromatic rings. The molecule has 1 heterocycles. The van der Waals surface area contributed by atoms with Gasteiger partial charge in [0.05, 0.1) is 0 Å². The largest absolute Gasteiger partial charge is 0.366 e. The first-order valence-corrected chi connectivity index (χ1v) is 8.41. The van der Waals surface area contributed by atoms with E-state index in [1.165, 1.54) is 17.3 Å². The van der Waals surface area contributed by atoms with Gasteiger partial charge in [-0.3, -0.25) is 4.90 Å². The Labute approximate surface area is 142 Å². The zero-order valence-electron chi connectivity index (χ0n) is 13.6. The van der Waals surface area contributed by atoms with Crippen LogP contribution in [0.15, 0.2) is 42.5 Å². The molecule has 0 N–H and O–H groups in total. The van der Waals surface area contributed by atoms with Crippen molar-refractivity contribution in [2.75, 3.05) is 24.5 Å². The van der Waals surface area contributed by atoms with E-state index < -0.39 is 0 Å². The molecule has 1 aliphatic rings. The molecular formula is C19H22ClFN2. The van der Waals surface area contributed by atoms with Crippen LogP contribution in [-0.2, 0) is 6.54 Å². The van der Waals surface area contributed by atoms with Crippen LogP contribution in [0.3, 0.4) is 0 Å². The molecule has 1 unspecified atom stereocenters. The lowest BCUT2D eigenvalue weighted by atomic mass is 10.1. The van der Waals surface area contributed by atoms with E-state index in [1.54, 1.807) is 12.1 Å². The predicted octanol–water partition coefficient (Wildman–Crippen LogP) is 4.50. The summed E-state index contributed by atoms with van der Waals surface area (Å²) in [5.74, 6) is -0.217. The summed E-state index contributed by atoms with van der Waals surface area (Å²) in [6, 6.07) is 13.9. The average Bonchev–Trinajstić information content (AvgIpc) is 2.52. The molecule has 1 fully saturated rings. The van der Waals surface area contributed by atoms with Gasteiger partial charge in [-0.2, -0.15) is 0 Å². The van der Waals surface area contributed by atoms with Crippen molar-refractivity contribution in [2.24, 2.45) is 0 Å². The average molecular weight is 333 g/mol. The first kappa shape index (κ1) is 16.3. The van der Waals surface area contributed by atoms with Gasteiger partial charge < -0.3 is 4.90 Å². The van der Waals surface area contributed by atoms with Crippen LogP contribution in [0.1, 0.15) is 18.1 Å². The van der Waals surface area contributed by atoms with Gasteiger partial charge in [-0.25, -0.2) is 4.39 Å². The number of hydrogen-bond acceptors (Lipinski definition) is 2. The van der Waals surface area contributed by atoms with Crippen molar-refractivity contribution in [3.05, 3.63) is 64.4 Å². The molecule has 0 radical (unpaired) electrons. The Morgan fingerprint density at radius 1 is 1.13 bits per heavy atom. The maximum absolute atomic E-state index is 14.0. The normalized spacial score (nSPS) is 19.1. The topological polar surface area (TPSA) is 6.48 Å². The summed E-state index contributed by atoms with van der Waals surface area (Å²) in [5, 5.41) is 0.513. The van der Waals surface area contributed by atoms with Crippen molar-refractivity contribution in [3.8, 4) is 0 Å². The van der Waals surface area contributed by atoms with E-state index >= 15 is 0 Å². The molecule has 0 amide bonds. The van der Waals surface area contributed by atoms with Crippen LogP contribution in [0.2, 0.25) is 5.02 Å². The molecule has 23 heavy (non-hydrogen) atoms. The second-order valence-electron chi connectivity index (χ2n) is 6.31. The summed E-state index contributed by atoms with van der Waals surface area (Å²) in [4.78, 5) is 4.69. The maximum Gasteiger partial charge on any atom is 0.129 e. The fraction of sp³-hybridized carbons (Fsp3) is 0.368. The Balaban J connectivity index is 1.68. The minimum atomic E-state index is -0.217. The number of anilines is 1. The Hall–Kier alpha value is -1.58. The first-order chi connectivity index (χ1) is 11.0. The van der Waals surface area contributed by atoms with Gasteiger partial charge in [0, 0.05) is 48.5 Å². The van der Waals surface area contributed by atoms with Crippen molar-refractivity contribution in [1.29, 1.82) is 0 Å². The molecule has 0 saturated carbocycles. The SMILES string of the molecule is Cc1ccc(N2CCN(Cc3c(F)cccc3Cl)CC2C)cc1. The van der Waals surface area contributed by atoms with Gasteiger partial charge in [-0.15, -0.1) is 0 Å². The molecule has 1 atom stereocenters. The number of piperazine rings is 1. The van der Waals surface area contributed by atoms with Gasteiger partial charge in [0.1, 0.15) is 5.82 Å². The number of rotatable bonds is 3.